The smallest absolute Gasteiger partial charge is 0.369 e. The highest BCUT2D eigenvalue weighted by molar-refractivity contribution is 6.23. The van der Waals surface area contributed by atoms with E-state index in [0.717, 1.165) is 43.3 Å². The number of carbonyl (C=O) groups is 5. The molecule has 4 rings (SSSR count). The van der Waals surface area contributed by atoms with Crippen LogP contribution in [0.25, 0.3) is 0 Å². The van der Waals surface area contributed by atoms with E-state index in [0.29, 0.717) is 17.7 Å². The third-order valence-corrected chi connectivity index (χ3v) is 5.74. The molecule has 1 aromatic carbocycles. The van der Waals surface area contributed by atoms with Gasteiger partial charge in [0.2, 0.25) is 18.1 Å². The number of nitrogens with two attached hydrogens (primary N) is 1. The average Bonchev–Trinajstić information content (AvgIpc) is 3.04. The van der Waals surface area contributed by atoms with Crippen molar-refractivity contribution in [2.75, 3.05) is 44.2 Å². The summed E-state index contributed by atoms with van der Waals surface area (Å²) in [7, 11) is 0. The molecule has 3 N–H and O–H groups in total. The van der Waals surface area contributed by atoms with Crippen LogP contribution in [0.3, 0.4) is 0 Å². The van der Waals surface area contributed by atoms with Gasteiger partial charge in [0.05, 0.1) is 11.1 Å². The summed E-state index contributed by atoms with van der Waals surface area (Å²) in [5, 5.41) is 2.21. The Morgan fingerprint density at radius 3 is 2.21 bits per heavy atom. The predicted molar refractivity (Wildman–Crippen MR) is 113 cm³/mol. The van der Waals surface area contributed by atoms with E-state index in [1.807, 2.05) is 6.07 Å². The van der Waals surface area contributed by atoms with E-state index in [1.54, 1.807) is 12.1 Å². The molecule has 13 heteroatoms. The molecule has 2 saturated heterocycles. The van der Waals surface area contributed by atoms with Gasteiger partial charge in [-0.1, -0.05) is 0 Å². The van der Waals surface area contributed by atoms with Crippen molar-refractivity contribution >= 4 is 35.6 Å². The van der Waals surface area contributed by atoms with Crippen molar-refractivity contribution in [3.8, 4) is 0 Å². The number of piperazine rings is 1. The summed E-state index contributed by atoms with van der Waals surface area (Å²) in [4.78, 5) is 63.3. The Kier molecular flexibility index (Phi) is 7.67. The molecule has 10 nitrogen and oxygen atoms in total. The number of anilines is 1. The van der Waals surface area contributed by atoms with Crippen LogP contribution < -0.4 is 16.0 Å². The van der Waals surface area contributed by atoms with Crippen molar-refractivity contribution in [3.05, 3.63) is 29.3 Å². The average molecular weight is 483 g/mol. The summed E-state index contributed by atoms with van der Waals surface area (Å²) in [5.41, 5.74) is 7.12. The Balaban J connectivity index is 0.000000481. The summed E-state index contributed by atoms with van der Waals surface area (Å²) in [6.45, 7) is 4.92. The van der Waals surface area contributed by atoms with Gasteiger partial charge in [0.1, 0.15) is 6.04 Å². The number of aldehydes is 1. The van der Waals surface area contributed by atoms with E-state index in [-0.39, 0.29) is 18.7 Å². The molecule has 34 heavy (non-hydrogen) atoms. The van der Waals surface area contributed by atoms with Crippen LogP contribution in [0.2, 0.25) is 0 Å². The number of nitrogens with zero attached hydrogens (tertiary/aromatic N) is 3. The van der Waals surface area contributed by atoms with E-state index in [9.17, 15) is 32.3 Å². The molecular weight excluding hydrogens is 459 g/mol. The molecule has 3 heterocycles. The highest BCUT2D eigenvalue weighted by Gasteiger charge is 2.44. The van der Waals surface area contributed by atoms with E-state index in [2.05, 4.69) is 15.1 Å². The van der Waals surface area contributed by atoms with Gasteiger partial charge in [-0.25, -0.2) is 0 Å². The van der Waals surface area contributed by atoms with Crippen LogP contribution in [-0.4, -0.2) is 91.2 Å². The Hall–Kier alpha value is -3.32. The first kappa shape index (κ1) is 25.3. The van der Waals surface area contributed by atoms with E-state index in [1.165, 1.54) is 0 Å². The quantitative estimate of drug-likeness (QED) is 0.449. The molecule has 0 aromatic heterocycles. The maximum atomic E-state index is 12.9. The Morgan fingerprint density at radius 2 is 1.65 bits per heavy atom. The molecule has 1 unspecified atom stereocenters. The second-order valence-electron chi connectivity index (χ2n) is 7.95. The number of nitrogens with one attached hydrogen (secondary N) is 1. The largest absolute Gasteiger partial charge is 0.446 e. The maximum absolute atomic E-state index is 12.9. The van der Waals surface area contributed by atoms with E-state index in [4.69, 9.17) is 10.5 Å². The number of imide groups is 2. The molecule has 3 aliphatic rings. The van der Waals surface area contributed by atoms with Gasteiger partial charge in [0.15, 0.2) is 0 Å². The van der Waals surface area contributed by atoms with Crippen LogP contribution in [0.15, 0.2) is 18.2 Å². The molecule has 184 valence electrons. The minimum Gasteiger partial charge on any atom is -0.369 e. The highest BCUT2D eigenvalue weighted by Crippen LogP contribution is 2.31. The number of benzene rings is 1. The fourth-order valence-electron chi connectivity index (χ4n) is 4.07. The Bertz CT molecular complexity index is 992. The van der Waals surface area contributed by atoms with Crippen LogP contribution >= 0.6 is 0 Å². The molecular formula is C21H24F3N5O5. The summed E-state index contributed by atoms with van der Waals surface area (Å²) in [5.74, 6) is -1.93. The molecule has 0 bridgehead atoms. The monoisotopic (exact) mass is 483 g/mol. The van der Waals surface area contributed by atoms with Crippen molar-refractivity contribution in [2.45, 2.75) is 25.1 Å². The lowest BCUT2D eigenvalue weighted by atomic mass is 10.0. The van der Waals surface area contributed by atoms with Crippen LogP contribution in [0.4, 0.5) is 18.9 Å². The normalized spacial score (nSPS) is 21.1. The van der Waals surface area contributed by atoms with Gasteiger partial charge in [0.25, 0.3) is 11.8 Å². The van der Waals surface area contributed by atoms with Crippen LogP contribution in [-0.2, 0) is 14.4 Å². The number of rotatable bonds is 4. The SMILES string of the molecule is NCCN1CCN(c2ccc3c(c2)C(=O)N(C2CCC(=O)NC2=O)C3=O)CC1.O=CC(F)(F)F. The Labute approximate surface area is 192 Å². The summed E-state index contributed by atoms with van der Waals surface area (Å²) in [6, 6.07) is 4.30. The van der Waals surface area contributed by atoms with Crippen LogP contribution in [0.5, 0.6) is 0 Å². The molecule has 3 aliphatic heterocycles. The minimum atomic E-state index is -4.64. The lowest BCUT2D eigenvalue weighted by molar-refractivity contribution is -0.156. The molecule has 1 aromatic rings. The third kappa shape index (κ3) is 5.59. The zero-order chi connectivity index (χ0) is 25.0. The van der Waals surface area contributed by atoms with Crippen molar-refractivity contribution in [3.63, 3.8) is 0 Å². The van der Waals surface area contributed by atoms with Gasteiger partial charge < -0.3 is 10.6 Å². The van der Waals surface area contributed by atoms with E-state index >= 15 is 0 Å². The lowest BCUT2D eigenvalue weighted by Crippen LogP contribution is -2.54. The van der Waals surface area contributed by atoms with Crippen molar-refractivity contribution in [2.24, 2.45) is 5.73 Å². The first-order valence-corrected chi connectivity index (χ1v) is 10.6. The maximum Gasteiger partial charge on any atom is 0.446 e. The van der Waals surface area contributed by atoms with Crippen LogP contribution in [0, 0.1) is 0 Å². The third-order valence-electron chi connectivity index (χ3n) is 5.74. The van der Waals surface area contributed by atoms with Gasteiger partial charge in [-0.05, 0) is 24.6 Å². The highest BCUT2D eigenvalue weighted by atomic mass is 19.4. The Morgan fingerprint density at radius 1 is 1.03 bits per heavy atom. The molecule has 4 amide bonds. The summed E-state index contributed by atoms with van der Waals surface area (Å²) >= 11 is 0. The number of halogens is 3. The van der Waals surface area contributed by atoms with Gasteiger partial charge in [-0.3, -0.25) is 39.1 Å². The first-order valence-electron chi connectivity index (χ1n) is 10.6. The number of fused-ring (bicyclic) bond motifs is 1. The fraction of sp³-hybridized carbons (Fsp3) is 0.476. The predicted octanol–water partition coefficient (Wildman–Crippen LogP) is -0.0839. The molecule has 0 aliphatic carbocycles. The van der Waals surface area contributed by atoms with Gasteiger partial charge in [0, 0.05) is 51.4 Å². The van der Waals surface area contributed by atoms with E-state index < -0.39 is 36.2 Å². The molecule has 0 saturated carbocycles. The number of piperidine rings is 1. The number of alkyl halides is 3. The second kappa shape index (κ2) is 10.3. The number of hydrogen-bond acceptors (Lipinski definition) is 8. The molecule has 2 fully saturated rings. The van der Waals surface area contributed by atoms with Crippen LogP contribution in [0.1, 0.15) is 33.6 Å². The molecule has 1 atom stereocenters. The first-order chi connectivity index (χ1) is 16.1. The van der Waals surface area contributed by atoms with Gasteiger partial charge in [-0.2, -0.15) is 13.2 Å². The topological polar surface area (TPSA) is 133 Å². The summed E-state index contributed by atoms with van der Waals surface area (Å²) in [6.07, 6.45) is -5.43. The second-order valence-corrected chi connectivity index (χ2v) is 7.95. The summed E-state index contributed by atoms with van der Waals surface area (Å²) < 4.78 is 31.2. The molecule has 0 spiro atoms. The molecule has 0 radical (unpaired) electrons. The van der Waals surface area contributed by atoms with Crippen molar-refractivity contribution < 1.29 is 37.1 Å². The van der Waals surface area contributed by atoms with Gasteiger partial charge in [-0.15, -0.1) is 0 Å². The van der Waals surface area contributed by atoms with Crippen molar-refractivity contribution in [1.82, 2.24) is 15.1 Å². The number of amides is 4. The fourth-order valence-corrected chi connectivity index (χ4v) is 4.07. The van der Waals surface area contributed by atoms with Gasteiger partial charge >= 0.3 is 6.18 Å². The lowest BCUT2D eigenvalue weighted by Gasteiger charge is -2.36. The minimum absolute atomic E-state index is 0.113. The van der Waals surface area contributed by atoms with Crippen molar-refractivity contribution in [1.29, 1.82) is 0 Å². The number of carbonyl (C=O) groups excluding carboxylic acids is 5. The zero-order valence-corrected chi connectivity index (χ0v) is 18.1. The zero-order valence-electron chi connectivity index (χ0n) is 18.1. The number of hydrogen-bond donors (Lipinski definition) is 2. The standard InChI is InChI=1S/C19H23N5O4.C2HF3O/c20-5-6-22-7-9-23(10-8-22)12-1-2-13-14(11-12)19(28)24(18(13)27)15-3-4-16(25)21-17(15)26;3-2(4,5)1-6/h1-2,11,15H,3-10,20H2,(H,21,25,26);1H.